The molecule has 0 fully saturated rings. The van der Waals surface area contributed by atoms with E-state index in [1.54, 1.807) is 0 Å². The maximum atomic E-state index is 4.44. The fraction of sp³-hybridized carbons (Fsp3) is 0.231. The fourth-order valence-corrected chi connectivity index (χ4v) is 1.60. The van der Waals surface area contributed by atoms with Crippen LogP contribution in [0.5, 0.6) is 0 Å². The summed E-state index contributed by atoms with van der Waals surface area (Å²) in [5.41, 5.74) is 2.43. The topological polar surface area (TPSA) is 0 Å². The van der Waals surface area contributed by atoms with Gasteiger partial charge in [-0.05, 0) is 30.5 Å². The van der Waals surface area contributed by atoms with Gasteiger partial charge in [-0.25, -0.2) is 0 Å². The van der Waals surface area contributed by atoms with Crippen molar-refractivity contribution in [2.45, 2.75) is 25.2 Å². The molecule has 0 amide bonds. The first-order valence-corrected chi connectivity index (χ1v) is 5.35. The highest BCUT2D eigenvalue weighted by Gasteiger charge is 1.98. The summed E-state index contributed by atoms with van der Waals surface area (Å²) in [5.74, 6) is 0. The number of benzene rings is 1. The van der Waals surface area contributed by atoms with Gasteiger partial charge in [0.05, 0.1) is 0 Å². The zero-order chi connectivity index (χ0) is 10.4. The fourth-order valence-electron chi connectivity index (χ4n) is 1.31. The van der Waals surface area contributed by atoms with Crippen molar-refractivity contribution in [3.8, 4) is 0 Å². The third-order valence-corrected chi connectivity index (χ3v) is 2.37. The summed E-state index contributed by atoms with van der Waals surface area (Å²) in [5, 5.41) is 0. The molecule has 1 heteroatoms. The van der Waals surface area contributed by atoms with Gasteiger partial charge in [-0.15, -0.1) is 12.6 Å². The van der Waals surface area contributed by atoms with E-state index in [1.165, 1.54) is 11.1 Å². The number of thiol groups is 1. The van der Waals surface area contributed by atoms with E-state index in [9.17, 15) is 0 Å². The van der Waals surface area contributed by atoms with Gasteiger partial charge >= 0.3 is 0 Å². The number of rotatable bonds is 3. The lowest BCUT2D eigenvalue weighted by Gasteiger charge is -2.03. The molecule has 0 atom stereocenters. The Morgan fingerprint density at radius 2 is 2.07 bits per heavy atom. The molecule has 1 aromatic carbocycles. The second-order valence-electron chi connectivity index (χ2n) is 3.09. The average Bonchev–Trinajstić information content (AvgIpc) is 2.19. The lowest BCUT2D eigenvalue weighted by molar-refractivity contribution is 1.23. The molecular weight excluding hydrogens is 188 g/mol. The van der Waals surface area contributed by atoms with Crippen LogP contribution in [0.1, 0.15) is 31.4 Å². The molecule has 0 unspecified atom stereocenters. The highest BCUT2D eigenvalue weighted by Crippen LogP contribution is 2.21. The van der Waals surface area contributed by atoms with Crippen LogP contribution in [0.15, 0.2) is 35.2 Å². The van der Waals surface area contributed by atoms with E-state index in [-0.39, 0.29) is 0 Å². The third kappa shape index (κ3) is 2.78. The molecule has 74 valence electrons. The van der Waals surface area contributed by atoms with Gasteiger partial charge in [0, 0.05) is 4.90 Å². The maximum absolute atomic E-state index is 4.44. The Morgan fingerprint density at radius 1 is 1.29 bits per heavy atom. The summed E-state index contributed by atoms with van der Waals surface area (Å²) in [6, 6.07) is 6.16. The molecule has 0 aliphatic carbocycles. The summed E-state index contributed by atoms with van der Waals surface area (Å²) in [4.78, 5) is 1.03. The van der Waals surface area contributed by atoms with Gasteiger partial charge in [-0.1, -0.05) is 43.4 Å². The van der Waals surface area contributed by atoms with Crippen LogP contribution in [0.2, 0.25) is 0 Å². The minimum Gasteiger partial charge on any atom is -0.143 e. The molecule has 0 saturated heterocycles. The molecule has 14 heavy (non-hydrogen) atoms. The van der Waals surface area contributed by atoms with Crippen LogP contribution in [-0.4, -0.2) is 0 Å². The van der Waals surface area contributed by atoms with Gasteiger partial charge < -0.3 is 0 Å². The van der Waals surface area contributed by atoms with Gasteiger partial charge in [-0.2, -0.15) is 0 Å². The van der Waals surface area contributed by atoms with Crippen molar-refractivity contribution in [3.63, 3.8) is 0 Å². The molecule has 0 spiro atoms. The molecule has 0 aromatic heterocycles. The lowest BCUT2D eigenvalue weighted by atomic mass is 10.1. The van der Waals surface area contributed by atoms with E-state index in [1.807, 2.05) is 25.1 Å². The van der Waals surface area contributed by atoms with E-state index in [4.69, 9.17) is 0 Å². The molecule has 0 radical (unpaired) electrons. The normalized spacial score (nSPS) is 11.6. The van der Waals surface area contributed by atoms with Crippen molar-refractivity contribution in [2.75, 3.05) is 0 Å². The molecule has 0 aliphatic heterocycles. The zero-order valence-corrected chi connectivity index (χ0v) is 9.59. The molecule has 1 rings (SSSR count). The number of hydrogen-bond acceptors (Lipinski definition) is 1. The summed E-state index contributed by atoms with van der Waals surface area (Å²) in [7, 11) is 0. The van der Waals surface area contributed by atoms with Crippen LogP contribution in [0.4, 0.5) is 0 Å². The zero-order valence-electron chi connectivity index (χ0n) is 8.70. The van der Waals surface area contributed by atoms with E-state index < -0.39 is 0 Å². The molecule has 0 heterocycles. The molecular formula is C13H16S. The quantitative estimate of drug-likeness (QED) is 0.692. The molecule has 1 aromatic rings. The Hall–Kier alpha value is -0.950. The van der Waals surface area contributed by atoms with Crippen molar-refractivity contribution in [1.29, 1.82) is 0 Å². The summed E-state index contributed by atoms with van der Waals surface area (Å²) >= 11 is 4.44. The van der Waals surface area contributed by atoms with Crippen molar-refractivity contribution in [2.24, 2.45) is 0 Å². The van der Waals surface area contributed by atoms with Gasteiger partial charge in [0.1, 0.15) is 0 Å². The van der Waals surface area contributed by atoms with Crippen LogP contribution in [0.3, 0.4) is 0 Å². The third-order valence-electron chi connectivity index (χ3n) is 1.98. The molecule has 0 nitrogen and oxygen atoms in total. The maximum Gasteiger partial charge on any atom is 0.0118 e. The minimum atomic E-state index is 1.03. The van der Waals surface area contributed by atoms with Gasteiger partial charge in [0.15, 0.2) is 0 Å². The monoisotopic (exact) mass is 204 g/mol. The van der Waals surface area contributed by atoms with Crippen molar-refractivity contribution >= 4 is 24.8 Å². The average molecular weight is 204 g/mol. The number of hydrogen-bond donors (Lipinski definition) is 1. The second-order valence-corrected chi connectivity index (χ2v) is 3.57. The summed E-state index contributed by atoms with van der Waals surface area (Å²) < 4.78 is 0. The van der Waals surface area contributed by atoms with E-state index >= 15 is 0 Å². The predicted molar refractivity (Wildman–Crippen MR) is 67.7 cm³/mol. The first-order chi connectivity index (χ1) is 6.79. The van der Waals surface area contributed by atoms with E-state index in [0.29, 0.717) is 0 Å². The highest BCUT2D eigenvalue weighted by molar-refractivity contribution is 7.80. The van der Waals surface area contributed by atoms with Crippen LogP contribution >= 0.6 is 12.6 Å². The lowest BCUT2D eigenvalue weighted by Crippen LogP contribution is -1.82. The van der Waals surface area contributed by atoms with Gasteiger partial charge in [0.25, 0.3) is 0 Å². The largest absolute Gasteiger partial charge is 0.143 e. The van der Waals surface area contributed by atoms with Crippen LogP contribution in [-0.2, 0) is 0 Å². The van der Waals surface area contributed by atoms with Crippen LogP contribution in [0, 0.1) is 0 Å². The van der Waals surface area contributed by atoms with E-state index in [0.717, 1.165) is 11.3 Å². The Bertz CT molecular complexity index is 348. The number of allylic oxidation sites excluding steroid dienone is 2. The van der Waals surface area contributed by atoms with Crippen molar-refractivity contribution in [3.05, 3.63) is 41.5 Å². The van der Waals surface area contributed by atoms with Crippen LogP contribution in [0.25, 0.3) is 12.2 Å². The standard InChI is InChI=1S/C13H16S/c1-3-5-8-11-9-6-10-13(14)12(11)7-4-2/h4-10,14H,3H2,1-2H3/b7-4-,8-5-. The van der Waals surface area contributed by atoms with Gasteiger partial charge in [-0.3, -0.25) is 0 Å². The first kappa shape index (κ1) is 11.1. The predicted octanol–water partition coefficient (Wildman–Crippen LogP) is 4.43. The molecule has 0 bridgehead atoms. The first-order valence-electron chi connectivity index (χ1n) is 4.90. The second kappa shape index (κ2) is 5.71. The van der Waals surface area contributed by atoms with Crippen LogP contribution < -0.4 is 0 Å². The smallest absolute Gasteiger partial charge is 0.0118 e. The van der Waals surface area contributed by atoms with E-state index in [2.05, 4.69) is 43.8 Å². The Morgan fingerprint density at radius 3 is 2.71 bits per heavy atom. The van der Waals surface area contributed by atoms with Crippen molar-refractivity contribution in [1.82, 2.24) is 0 Å². The molecule has 0 aliphatic rings. The van der Waals surface area contributed by atoms with Crippen molar-refractivity contribution < 1.29 is 0 Å². The minimum absolute atomic E-state index is 1.03. The summed E-state index contributed by atoms with van der Waals surface area (Å²) in [6.45, 7) is 4.16. The van der Waals surface area contributed by atoms with Gasteiger partial charge in [0.2, 0.25) is 0 Å². The Kier molecular flexibility index (Phi) is 4.54. The Labute approximate surface area is 91.8 Å². The SMILES string of the molecule is C/C=C\c1c(S)cccc1/C=C\CC. The summed E-state index contributed by atoms with van der Waals surface area (Å²) in [6.07, 6.45) is 9.51. The molecule has 0 N–H and O–H groups in total. The molecule has 0 saturated carbocycles. The highest BCUT2D eigenvalue weighted by atomic mass is 32.1. The Balaban J connectivity index is 3.14.